The van der Waals surface area contributed by atoms with Crippen LogP contribution in [0.4, 0.5) is 0 Å². The van der Waals surface area contributed by atoms with Gasteiger partial charge in [-0.05, 0) is 35.8 Å². The second-order valence-electron chi connectivity index (χ2n) is 6.23. The van der Waals surface area contributed by atoms with Crippen molar-refractivity contribution in [2.75, 3.05) is 12.5 Å². The largest absolute Gasteiger partial charge is 0.492 e. The van der Waals surface area contributed by atoms with Gasteiger partial charge in [-0.2, -0.15) is 0 Å². The molecule has 0 amide bonds. The predicted octanol–water partition coefficient (Wildman–Crippen LogP) is 4.83. The van der Waals surface area contributed by atoms with E-state index in [2.05, 4.69) is 46.0 Å². The SMILES string of the molecule is CC(C)(C)[Si](C)(C)OCc1ccc(OCCCl)cc1. The molecular formula is C15H25ClO2Si. The van der Waals surface area contributed by atoms with E-state index in [-0.39, 0.29) is 5.04 Å². The zero-order chi connectivity index (χ0) is 14.5. The highest BCUT2D eigenvalue weighted by Crippen LogP contribution is 2.37. The maximum Gasteiger partial charge on any atom is 0.192 e. The van der Waals surface area contributed by atoms with Crippen LogP contribution in [-0.2, 0) is 11.0 Å². The molecule has 0 N–H and O–H groups in total. The molecule has 0 atom stereocenters. The Morgan fingerprint density at radius 1 is 1.11 bits per heavy atom. The van der Waals surface area contributed by atoms with Crippen LogP contribution in [0, 0.1) is 0 Å². The maximum atomic E-state index is 6.18. The minimum absolute atomic E-state index is 0.246. The Morgan fingerprint density at radius 2 is 1.68 bits per heavy atom. The number of alkyl halides is 1. The van der Waals surface area contributed by atoms with Crippen LogP contribution in [0.5, 0.6) is 5.75 Å². The summed E-state index contributed by atoms with van der Waals surface area (Å²) in [5.41, 5.74) is 1.18. The van der Waals surface area contributed by atoms with Crippen molar-refractivity contribution in [2.24, 2.45) is 0 Å². The summed E-state index contributed by atoms with van der Waals surface area (Å²) in [6, 6.07) is 8.04. The molecule has 2 nitrogen and oxygen atoms in total. The quantitative estimate of drug-likeness (QED) is 0.553. The average molecular weight is 301 g/mol. The van der Waals surface area contributed by atoms with E-state index in [1.54, 1.807) is 0 Å². The van der Waals surface area contributed by atoms with E-state index in [0.717, 1.165) is 5.75 Å². The molecule has 0 unspecified atom stereocenters. The van der Waals surface area contributed by atoms with Crippen molar-refractivity contribution in [1.29, 1.82) is 0 Å². The van der Waals surface area contributed by atoms with Crippen LogP contribution < -0.4 is 4.74 Å². The van der Waals surface area contributed by atoms with E-state index in [0.29, 0.717) is 19.1 Å². The normalized spacial score (nSPS) is 12.5. The lowest BCUT2D eigenvalue weighted by molar-refractivity contribution is 0.276. The van der Waals surface area contributed by atoms with Crippen molar-refractivity contribution in [3.8, 4) is 5.75 Å². The zero-order valence-electron chi connectivity index (χ0n) is 12.6. The summed E-state index contributed by atoms with van der Waals surface area (Å²) in [7, 11) is -1.67. The molecule has 0 saturated heterocycles. The summed E-state index contributed by atoms with van der Waals surface area (Å²) in [6.45, 7) is 12.5. The highest BCUT2D eigenvalue weighted by atomic mass is 35.5. The molecule has 1 aromatic rings. The molecule has 108 valence electrons. The van der Waals surface area contributed by atoms with E-state index in [4.69, 9.17) is 20.8 Å². The number of ether oxygens (including phenoxy) is 1. The first kappa shape index (κ1) is 16.5. The molecule has 0 aliphatic heterocycles. The van der Waals surface area contributed by atoms with Gasteiger partial charge >= 0.3 is 0 Å². The van der Waals surface area contributed by atoms with Gasteiger partial charge in [-0.3, -0.25) is 0 Å². The number of rotatable bonds is 6. The van der Waals surface area contributed by atoms with Gasteiger partial charge < -0.3 is 9.16 Å². The molecule has 0 bridgehead atoms. The fourth-order valence-electron chi connectivity index (χ4n) is 1.32. The predicted molar refractivity (Wildman–Crippen MR) is 84.6 cm³/mol. The standard InChI is InChI=1S/C15H25ClO2Si/c1-15(2,3)19(4,5)18-12-13-6-8-14(9-7-13)17-11-10-16/h6-9H,10-12H2,1-5H3. The van der Waals surface area contributed by atoms with Gasteiger partial charge in [0.1, 0.15) is 12.4 Å². The summed E-state index contributed by atoms with van der Waals surface area (Å²) in [5, 5.41) is 0.246. The molecule has 1 rings (SSSR count). The molecule has 4 heteroatoms. The van der Waals surface area contributed by atoms with E-state index >= 15 is 0 Å². The van der Waals surface area contributed by atoms with Crippen LogP contribution in [0.1, 0.15) is 26.3 Å². The molecule has 0 aromatic heterocycles. The van der Waals surface area contributed by atoms with Crippen molar-refractivity contribution >= 4 is 19.9 Å². The maximum absolute atomic E-state index is 6.18. The van der Waals surface area contributed by atoms with Crippen LogP contribution in [0.2, 0.25) is 18.1 Å². The Bertz CT molecular complexity index is 382. The third kappa shape index (κ3) is 5.17. The summed E-state index contributed by atoms with van der Waals surface area (Å²) >= 11 is 5.58. The van der Waals surface area contributed by atoms with Gasteiger partial charge in [0.15, 0.2) is 8.32 Å². The van der Waals surface area contributed by atoms with Crippen molar-refractivity contribution in [3.63, 3.8) is 0 Å². The monoisotopic (exact) mass is 300 g/mol. The molecule has 0 aliphatic carbocycles. The Kier molecular flexibility index (Phi) is 5.90. The van der Waals surface area contributed by atoms with E-state index in [1.807, 2.05) is 12.1 Å². The third-order valence-electron chi connectivity index (χ3n) is 3.68. The lowest BCUT2D eigenvalue weighted by Gasteiger charge is -2.36. The molecule has 0 saturated carbocycles. The summed E-state index contributed by atoms with van der Waals surface area (Å²) in [5.74, 6) is 1.37. The van der Waals surface area contributed by atoms with Crippen LogP contribution in [-0.4, -0.2) is 20.8 Å². The Balaban J connectivity index is 2.55. The molecule has 0 radical (unpaired) electrons. The van der Waals surface area contributed by atoms with Gasteiger partial charge in [-0.15, -0.1) is 11.6 Å². The topological polar surface area (TPSA) is 18.5 Å². The van der Waals surface area contributed by atoms with Crippen LogP contribution in [0.15, 0.2) is 24.3 Å². The first-order chi connectivity index (χ1) is 8.76. The van der Waals surface area contributed by atoms with Crippen molar-refractivity contribution in [1.82, 2.24) is 0 Å². The van der Waals surface area contributed by atoms with Crippen molar-refractivity contribution < 1.29 is 9.16 Å². The minimum atomic E-state index is -1.67. The first-order valence-electron chi connectivity index (χ1n) is 6.68. The molecule has 0 fully saturated rings. The van der Waals surface area contributed by atoms with Crippen LogP contribution >= 0.6 is 11.6 Å². The summed E-state index contributed by atoms with van der Waals surface area (Å²) < 4.78 is 11.6. The third-order valence-corrected chi connectivity index (χ3v) is 8.31. The van der Waals surface area contributed by atoms with Crippen molar-refractivity contribution in [2.45, 2.75) is 45.5 Å². The fourth-order valence-corrected chi connectivity index (χ4v) is 2.36. The van der Waals surface area contributed by atoms with Gasteiger partial charge in [0, 0.05) is 0 Å². The van der Waals surface area contributed by atoms with E-state index in [9.17, 15) is 0 Å². The molecular weight excluding hydrogens is 276 g/mol. The summed E-state index contributed by atoms with van der Waals surface area (Å²) in [4.78, 5) is 0. The minimum Gasteiger partial charge on any atom is -0.492 e. The Labute approximate surface area is 123 Å². The van der Waals surface area contributed by atoms with Gasteiger partial charge in [-0.25, -0.2) is 0 Å². The lowest BCUT2D eigenvalue weighted by Crippen LogP contribution is -2.40. The smallest absolute Gasteiger partial charge is 0.192 e. The van der Waals surface area contributed by atoms with Gasteiger partial charge in [0.25, 0.3) is 0 Å². The van der Waals surface area contributed by atoms with Crippen molar-refractivity contribution in [3.05, 3.63) is 29.8 Å². The number of hydrogen-bond acceptors (Lipinski definition) is 2. The number of benzene rings is 1. The lowest BCUT2D eigenvalue weighted by atomic mass is 10.2. The zero-order valence-corrected chi connectivity index (χ0v) is 14.4. The molecule has 0 aliphatic rings. The molecule has 1 aromatic carbocycles. The second-order valence-corrected chi connectivity index (χ2v) is 11.4. The highest BCUT2D eigenvalue weighted by molar-refractivity contribution is 6.74. The van der Waals surface area contributed by atoms with Gasteiger partial charge in [0.2, 0.25) is 0 Å². The molecule has 0 spiro atoms. The van der Waals surface area contributed by atoms with Gasteiger partial charge in [0.05, 0.1) is 12.5 Å². The highest BCUT2D eigenvalue weighted by Gasteiger charge is 2.36. The summed E-state index contributed by atoms with van der Waals surface area (Å²) in [6.07, 6.45) is 0. The van der Waals surface area contributed by atoms with Gasteiger partial charge in [-0.1, -0.05) is 32.9 Å². The van der Waals surface area contributed by atoms with E-state index < -0.39 is 8.32 Å². The van der Waals surface area contributed by atoms with Crippen LogP contribution in [0.25, 0.3) is 0 Å². The van der Waals surface area contributed by atoms with E-state index in [1.165, 1.54) is 5.56 Å². The Morgan fingerprint density at radius 3 is 2.16 bits per heavy atom. The van der Waals surface area contributed by atoms with Crippen LogP contribution in [0.3, 0.4) is 0 Å². The molecule has 19 heavy (non-hydrogen) atoms. The number of halogens is 1. The average Bonchev–Trinajstić information content (AvgIpc) is 2.34. The fraction of sp³-hybridized carbons (Fsp3) is 0.600. The second kappa shape index (κ2) is 6.78. The first-order valence-corrected chi connectivity index (χ1v) is 10.1. The number of hydrogen-bond donors (Lipinski definition) is 0. The molecule has 0 heterocycles. The Hall–Kier alpha value is -0.513.